The van der Waals surface area contributed by atoms with Crippen molar-refractivity contribution < 1.29 is 27.1 Å². The topological polar surface area (TPSA) is 131 Å². The van der Waals surface area contributed by atoms with Gasteiger partial charge >= 0.3 is 12.2 Å². The fourth-order valence-corrected chi connectivity index (χ4v) is 6.02. The Kier molecular flexibility index (Phi) is 7.47. The second kappa shape index (κ2) is 11.7. The zero-order chi connectivity index (χ0) is 31.0. The highest BCUT2D eigenvalue weighted by molar-refractivity contribution is 7.19. The average Bonchev–Trinajstić information content (AvgIpc) is 3.68. The first-order chi connectivity index (χ1) is 21.8. The second-order valence-corrected chi connectivity index (χ2v) is 11.0. The Morgan fingerprint density at radius 2 is 1.73 bits per heavy atom. The smallest absolute Gasteiger partial charge is 0.402 e. The third-order valence-corrected chi connectivity index (χ3v) is 8.26. The van der Waals surface area contributed by atoms with Crippen LogP contribution in [0.3, 0.4) is 0 Å². The molecule has 7 rings (SSSR count). The number of alkyl halides is 3. The number of pyridine rings is 1. The van der Waals surface area contributed by atoms with E-state index in [0.717, 1.165) is 23.4 Å². The van der Waals surface area contributed by atoms with E-state index in [1.807, 2.05) is 53.4 Å². The molecule has 0 spiro atoms. The summed E-state index contributed by atoms with van der Waals surface area (Å²) < 4.78 is 50.7. The van der Waals surface area contributed by atoms with Gasteiger partial charge in [0.15, 0.2) is 5.69 Å². The summed E-state index contributed by atoms with van der Waals surface area (Å²) in [4.78, 5) is 28.3. The number of hydrogen-bond acceptors (Lipinski definition) is 11. The Labute approximate surface area is 257 Å². The van der Waals surface area contributed by atoms with Crippen LogP contribution in [0.4, 0.5) is 29.9 Å². The molecule has 0 bridgehead atoms. The predicted molar refractivity (Wildman–Crippen MR) is 161 cm³/mol. The minimum atomic E-state index is -4.55. The molecule has 1 atom stereocenters. The molecule has 2 aromatic carbocycles. The summed E-state index contributed by atoms with van der Waals surface area (Å²) in [6.45, 7) is 2.12. The second-order valence-electron chi connectivity index (χ2n) is 10.0. The van der Waals surface area contributed by atoms with Gasteiger partial charge in [0.05, 0.1) is 24.6 Å². The van der Waals surface area contributed by atoms with Gasteiger partial charge in [-0.1, -0.05) is 65.0 Å². The number of carbonyl (C=O) groups is 1. The van der Waals surface area contributed by atoms with Crippen LogP contribution in [0.25, 0.3) is 22.2 Å². The lowest BCUT2D eigenvalue weighted by atomic mass is 10.0. The fourth-order valence-electron chi connectivity index (χ4n) is 4.92. The van der Waals surface area contributed by atoms with E-state index >= 15 is 0 Å². The van der Waals surface area contributed by atoms with Gasteiger partial charge in [-0.25, -0.2) is 9.98 Å². The molecule has 0 aliphatic carbocycles. The number of thiazole rings is 1. The number of para-hydroxylation sites is 1. The summed E-state index contributed by atoms with van der Waals surface area (Å²) in [5, 5.41) is 15.3. The van der Waals surface area contributed by atoms with Crippen molar-refractivity contribution >= 4 is 39.7 Å². The molecule has 0 saturated carbocycles. The highest BCUT2D eigenvalue weighted by atomic mass is 32.1. The van der Waals surface area contributed by atoms with Crippen molar-refractivity contribution in [3.8, 4) is 22.2 Å². The van der Waals surface area contributed by atoms with Crippen LogP contribution in [-0.4, -0.2) is 64.3 Å². The monoisotopic (exact) mass is 632 g/mol. The molecule has 1 fully saturated rings. The summed E-state index contributed by atoms with van der Waals surface area (Å²) in [7, 11) is 0. The van der Waals surface area contributed by atoms with Gasteiger partial charge in [-0.05, 0) is 18.2 Å². The lowest BCUT2D eigenvalue weighted by molar-refractivity contribution is -0.141. The predicted octanol–water partition coefficient (Wildman–Crippen LogP) is 5.34. The molecule has 2 N–H and O–H groups in total. The normalized spacial score (nSPS) is 16.9. The van der Waals surface area contributed by atoms with Gasteiger partial charge in [0.25, 0.3) is 11.8 Å². The molecule has 228 valence electrons. The van der Waals surface area contributed by atoms with E-state index in [-0.39, 0.29) is 11.9 Å². The number of morpholine rings is 1. The van der Waals surface area contributed by atoms with Crippen LogP contribution in [0.15, 0.2) is 82.3 Å². The number of aliphatic imine (C=N–C) groups is 1. The van der Waals surface area contributed by atoms with Crippen molar-refractivity contribution in [3.63, 3.8) is 0 Å². The van der Waals surface area contributed by atoms with Crippen molar-refractivity contribution in [1.82, 2.24) is 20.2 Å². The van der Waals surface area contributed by atoms with Gasteiger partial charge in [0.2, 0.25) is 6.17 Å². The number of halogens is 3. The van der Waals surface area contributed by atoms with Crippen LogP contribution in [0.1, 0.15) is 16.8 Å². The van der Waals surface area contributed by atoms with Crippen LogP contribution >= 0.6 is 11.3 Å². The van der Waals surface area contributed by atoms with Gasteiger partial charge in [-0.2, -0.15) is 13.2 Å². The van der Waals surface area contributed by atoms with Crippen LogP contribution < -0.4 is 15.5 Å². The lowest BCUT2D eigenvalue weighted by Crippen LogP contribution is -2.35. The average molecular weight is 633 g/mol. The summed E-state index contributed by atoms with van der Waals surface area (Å²) in [6, 6.07) is 19.1. The third kappa shape index (κ3) is 5.86. The van der Waals surface area contributed by atoms with Crippen molar-refractivity contribution in [2.75, 3.05) is 41.8 Å². The number of fused-ring (bicyclic) bond motifs is 1. The van der Waals surface area contributed by atoms with Gasteiger partial charge in [-0.3, -0.25) is 9.78 Å². The van der Waals surface area contributed by atoms with E-state index in [1.54, 1.807) is 6.07 Å². The number of benzene rings is 2. The molecule has 1 amide bonds. The highest BCUT2D eigenvalue weighted by Gasteiger charge is 2.33. The molecular weight excluding hydrogens is 609 g/mol. The largest absolute Gasteiger partial charge is 0.433 e. The first-order valence-corrected chi connectivity index (χ1v) is 14.7. The lowest BCUT2D eigenvalue weighted by Gasteiger charge is -2.27. The first kappa shape index (κ1) is 28.6. The molecule has 11 nitrogen and oxygen atoms in total. The first-order valence-electron chi connectivity index (χ1n) is 13.8. The molecule has 1 saturated heterocycles. The van der Waals surface area contributed by atoms with E-state index in [2.05, 4.69) is 30.8 Å². The Balaban J connectivity index is 1.21. The highest BCUT2D eigenvalue weighted by Crippen LogP contribution is 2.41. The van der Waals surface area contributed by atoms with Crippen LogP contribution in [0, 0.1) is 0 Å². The summed E-state index contributed by atoms with van der Waals surface area (Å²) >= 11 is 1.27. The van der Waals surface area contributed by atoms with E-state index in [9.17, 15) is 18.0 Å². The molecule has 2 aliphatic heterocycles. The number of hydrogen-bond donors (Lipinski definition) is 2. The maximum Gasteiger partial charge on any atom is 0.433 e. The number of benzodiazepines with no additional fused rings is 1. The molecule has 15 heteroatoms. The maximum atomic E-state index is 13.3. The van der Waals surface area contributed by atoms with Gasteiger partial charge in [0.1, 0.15) is 15.7 Å². The van der Waals surface area contributed by atoms with Crippen molar-refractivity contribution in [2.24, 2.45) is 4.99 Å². The number of nitrogens with one attached hydrogen (secondary N) is 2. The van der Waals surface area contributed by atoms with Crippen molar-refractivity contribution in [2.45, 2.75) is 12.3 Å². The minimum absolute atomic E-state index is 0.0611. The Bertz CT molecular complexity index is 1870. The molecular formula is C30H23F3N8O3S. The molecule has 5 aromatic rings. The third-order valence-electron chi connectivity index (χ3n) is 7.09. The number of rotatable bonds is 6. The van der Waals surface area contributed by atoms with Crippen LogP contribution in [0.2, 0.25) is 0 Å². The molecule has 45 heavy (non-hydrogen) atoms. The number of carbonyl (C=O) groups excluding carboxylic acids is 1. The summed E-state index contributed by atoms with van der Waals surface area (Å²) in [6.07, 6.45) is -4.52. The number of amides is 1. The standard InChI is InChI=1S/C30H23F3N8O3S/c31-30(32,33)21-11-10-18(16-34-21)27-37-23(28(45-27)41-12-14-43-15-13-41)26-39-40-29(44-26)38-24-25(42)35-20-9-5-4-8-19(20)22(36-24)17-6-2-1-3-7-17/h1-11,16,24H,12-15H2,(H,35,42)(H,38,40). The Hall–Kier alpha value is -5.15. The molecule has 3 aromatic heterocycles. The molecule has 5 heterocycles. The maximum absolute atomic E-state index is 13.3. The van der Waals surface area contributed by atoms with E-state index in [0.29, 0.717) is 59.0 Å². The van der Waals surface area contributed by atoms with Crippen molar-refractivity contribution in [3.05, 3.63) is 89.7 Å². The van der Waals surface area contributed by atoms with Crippen LogP contribution in [0.5, 0.6) is 0 Å². The van der Waals surface area contributed by atoms with Crippen molar-refractivity contribution in [1.29, 1.82) is 0 Å². The van der Waals surface area contributed by atoms with E-state index in [1.165, 1.54) is 17.4 Å². The quantitative estimate of drug-likeness (QED) is 0.255. The van der Waals surface area contributed by atoms with Gasteiger partial charge in [-0.15, -0.1) is 5.10 Å². The van der Waals surface area contributed by atoms with E-state index in [4.69, 9.17) is 14.1 Å². The zero-order valence-corrected chi connectivity index (χ0v) is 24.1. The number of ether oxygens (including phenoxy) is 1. The van der Waals surface area contributed by atoms with Crippen LogP contribution in [-0.2, 0) is 15.7 Å². The number of aromatic nitrogens is 4. The minimum Gasteiger partial charge on any atom is -0.402 e. The Morgan fingerprint density at radius 3 is 2.49 bits per heavy atom. The molecule has 0 radical (unpaired) electrons. The molecule has 2 aliphatic rings. The number of nitrogens with zero attached hydrogens (tertiary/aromatic N) is 6. The Morgan fingerprint density at radius 1 is 0.956 bits per heavy atom. The van der Waals surface area contributed by atoms with Gasteiger partial charge in [0, 0.05) is 36.0 Å². The van der Waals surface area contributed by atoms with Gasteiger partial charge < -0.3 is 24.7 Å². The number of anilines is 3. The SMILES string of the molecule is O=C1Nc2ccccc2C(c2ccccc2)=NC1Nc1nnc(-c2nc(-c3ccc(C(F)(F)F)nc3)sc2N2CCOCC2)o1. The van der Waals surface area contributed by atoms with E-state index < -0.39 is 23.9 Å². The summed E-state index contributed by atoms with van der Waals surface area (Å²) in [5.41, 5.74) is 2.56. The summed E-state index contributed by atoms with van der Waals surface area (Å²) in [5.74, 6) is -0.362. The molecule has 1 unspecified atom stereocenters. The zero-order valence-electron chi connectivity index (χ0n) is 23.3. The fraction of sp³-hybridized carbons (Fsp3) is 0.200.